The zero-order chi connectivity index (χ0) is 28.2. The molecule has 11 heteroatoms. The number of para-hydroxylation sites is 1. The Morgan fingerprint density at radius 3 is 2.49 bits per heavy atom. The smallest absolute Gasteiger partial charge is 0.251 e. The molecule has 0 saturated carbocycles. The fourth-order valence-corrected chi connectivity index (χ4v) is 4.80. The first kappa shape index (κ1) is 27.8. The number of hydrogen-bond donors (Lipinski definition) is 1. The van der Waals surface area contributed by atoms with Crippen molar-refractivity contribution < 1.29 is 19.1 Å². The lowest BCUT2D eigenvalue weighted by Gasteiger charge is -2.35. The highest BCUT2D eigenvalue weighted by atomic mass is 32.1. The van der Waals surface area contributed by atoms with Crippen LogP contribution in [0.25, 0.3) is 10.7 Å². The Hall–Kier alpha value is -4.25. The maximum atomic E-state index is 14.1. The van der Waals surface area contributed by atoms with Gasteiger partial charge in [-0.15, -0.1) is 21.5 Å². The van der Waals surface area contributed by atoms with Gasteiger partial charge in [0, 0.05) is 16.8 Å². The number of nitrogens with one attached hydrogen (secondary N) is 1. The number of thiophene rings is 1. The van der Waals surface area contributed by atoms with Crippen LogP contribution in [0.1, 0.15) is 37.9 Å². The van der Waals surface area contributed by atoms with Gasteiger partial charge in [0.2, 0.25) is 11.7 Å². The minimum atomic E-state index is -1.09. The van der Waals surface area contributed by atoms with Crippen molar-refractivity contribution in [2.24, 2.45) is 0 Å². The standard InChI is InChI=1S/C28H32N6O4S/c1-18-10-7-8-11-21(18)34(24(35)17-33-31-26(30-32-33)23-12-9-15-39-23)25(27(36)29-28(2,3)4)20-16-19(37-5)13-14-22(20)38-6/h7-16,25H,17H2,1-6H3,(H,29,36). The Bertz CT molecular complexity index is 1440. The van der Waals surface area contributed by atoms with Crippen LogP contribution < -0.4 is 19.7 Å². The van der Waals surface area contributed by atoms with Crippen LogP contribution in [0.15, 0.2) is 60.0 Å². The summed E-state index contributed by atoms with van der Waals surface area (Å²) in [5.41, 5.74) is 1.29. The van der Waals surface area contributed by atoms with Crippen molar-refractivity contribution in [3.05, 3.63) is 71.1 Å². The second-order valence-corrected chi connectivity index (χ2v) is 10.9. The maximum absolute atomic E-state index is 14.1. The van der Waals surface area contributed by atoms with Crippen molar-refractivity contribution in [2.75, 3.05) is 19.1 Å². The molecule has 1 atom stereocenters. The van der Waals surface area contributed by atoms with Gasteiger partial charge in [-0.25, -0.2) is 0 Å². The molecule has 0 fully saturated rings. The number of aromatic nitrogens is 4. The first-order valence-corrected chi connectivity index (χ1v) is 13.2. The highest BCUT2D eigenvalue weighted by molar-refractivity contribution is 7.13. The number of benzene rings is 2. The number of amides is 2. The molecule has 10 nitrogen and oxygen atoms in total. The third kappa shape index (κ3) is 6.43. The molecule has 4 aromatic rings. The third-order valence-electron chi connectivity index (χ3n) is 5.85. The monoisotopic (exact) mass is 548 g/mol. The molecule has 39 heavy (non-hydrogen) atoms. The van der Waals surface area contributed by atoms with E-state index >= 15 is 0 Å². The van der Waals surface area contributed by atoms with E-state index in [9.17, 15) is 9.59 Å². The van der Waals surface area contributed by atoms with Crippen molar-refractivity contribution in [2.45, 2.75) is 45.8 Å². The van der Waals surface area contributed by atoms with Gasteiger partial charge in [-0.3, -0.25) is 14.5 Å². The minimum Gasteiger partial charge on any atom is -0.497 e. The van der Waals surface area contributed by atoms with Gasteiger partial charge in [0.1, 0.15) is 24.1 Å². The summed E-state index contributed by atoms with van der Waals surface area (Å²) in [4.78, 5) is 31.7. The van der Waals surface area contributed by atoms with Crippen molar-refractivity contribution in [3.8, 4) is 22.2 Å². The van der Waals surface area contributed by atoms with E-state index in [4.69, 9.17) is 9.47 Å². The molecule has 1 unspecified atom stereocenters. The molecule has 2 aromatic heterocycles. The topological polar surface area (TPSA) is 111 Å². The molecule has 1 N–H and O–H groups in total. The third-order valence-corrected chi connectivity index (χ3v) is 6.72. The summed E-state index contributed by atoms with van der Waals surface area (Å²) in [6.07, 6.45) is 0. The zero-order valence-electron chi connectivity index (χ0n) is 22.8. The number of tetrazole rings is 1. The van der Waals surface area contributed by atoms with Crippen LogP contribution in [0.4, 0.5) is 5.69 Å². The quantitative estimate of drug-likeness (QED) is 0.330. The lowest BCUT2D eigenvalue weighted by atomic mass is 9.98. The number of aryl methyl sites for hydroxylation is 1. The van der Waals surface area contributed by atoms with Gasteiger partial charge in [-0.1, -0.05) is 24.3 Å². The fraction of sp³-hybridized carbons (Fsp3) is 0.321. The van der Waals surface area contributed by atoms with Crippen molar-refractivity contribution in [1.29, 1.82) is 0 Å². The van der Waals surface area contributed by atoms with E-state index in [0.29, 0.717) is 28.6 Å². The summed E-state index contributed by atoms with van der Waals surface area (Å²) in [7, 11) is 3.07. The van der Waals surface area contributed by atoms with Crippen LogP contribution in [0.2, 0.25) is 0 Å². The number of rotatable bonds is 9. The second kappa shape index (κ2) is 11.6. The van der Waals surface area contributed by atoms with E-state index in [0.717, 1.165) is 10.4 Å². The molecule has 2 amide bonds. The average Bonchev–Trinajstić information content (AvgIpc) is 3.58. The average molecular weight is 549 g/mol. The number of ether oxygens (including phenoxy) is 2. The van der Waals surface area contributed by atoms with Crippen LogP contribution >= 0.6 is 11.3 Å². The van der Waals surface area contributed by atoms with Gasteiger partial charge < -0.3 is 14.8 Å². The van der Waals surface area contributed by atoms with Crippen molar-refractivity contribution in [3.63, 3.8) is 0 Å². The van der Waals surface area contributed by atoms with Crippen molar-refractivity contribution >= 4 is 28.8 Å². The predicted molar refractivity (Wildman–Crippen MR) is 150 cm³/mol. The Kier molecular flexibility index (Phi) is 8.29. The van der Waals surface area contributed by atoms with E-state index in [1.807, 2.05) is 69.5 Å². The Morgan fingerprint density at radius 1 is 1.08 bits per heavy atom. The van der Waals surface area contributed by atoms with E-state index < -0.39 is 17.5 Å². The molecule has 0 aliphatic heterocycles. The van der Waals surface area contributed by atoms with Crippen LogP contribution in [0.5, 0.6) is 11.5 Å². The van der Waals surface area contributed by atoms with Gasteiger partial charge in [-0.05, 0) is 74.2 Å². The van der Waals surface area contributed by atoms with E-state index in [2.05, 4.69) is 20.7 Å². The lowest BCUT2D eigenvalue weighted by Crippen LogP contribution is -2.50. The molecule has 0 aliphatic rings. The maximum Gasteiger partial charge on any atom is 0.251 e. The summed E-state index contributed by atoms with van der Waals surface area (Å²) in [6, 6.07) is 15.3. The van der Waals surface area contributed by atoms with E-state index in [1.165, 1.54) is 28.1 Å². The first-order valence-electron chi connectivity index (χ1n) is 12.3. The molecule has 0 bridgehead atoms. The second-order valence-electron chi connectivity index (χ2n) is 9.92. The van der Waals surface area contributed by atoms with Crippen molar-refractivity contribution in [1.82, 2.24) is 25.5 Å². The van der Waals surface area contributed by atoms with E-state index in [-0.39, 0.29) is 12.5 Å². The molecule has 4 rings (SSSR count). The molecule has 0 saturated heterocycles. The van der Waals surface area contributed by atoms with Crippen LogP contribution in [0, 0.1) is 6.92 Å². The predicted octanol–water partition coefficient (Wildman–Crippen LogP) is 4.42. The van der Waals surface area contributed by atoms with Crippen LogP contribution in [0.3, 0.4) is 0 Å². The number of carbonyl (C=O) groups excluding carboxylic acids is 2. The highest BCUT2D eigenvalue weighted by Gasteiger charge is 2.37. The lowest BCUT2D eigenvalue weighted by molar-refractivity contribution is -0.128. The molecule has 2 aromatic carbocycles. The zero-order valence-corrected chi connectivity index (χ0v) is 23.7. The van der Waals surface area contributed by atoms with Crippen LogP contribution in [-0.2, 0) is 16.1 Å². The fourth-order valence-electron chi connectivity index (χ4n) is 4.15. The van der Waals surface area contributed by atoms with Gasteiger partial charge in [0.25, 0.3) is 5.91 Å². The Balaban J connectivity index is 1.85. The number of nitrogens with zero attached hydrogens (tertiary/aromatic N) is 5. The van der Waals surface area contributed by atoms with Gasteiger partial charge in [0.05, 0.1) is 19.1 Å². The summed E-state index contributed by atoms with van der Waals surface area (Å²) in [6.45, 7) is 7.31. The number of methoxy groups -OCH3 is 2. The molecule has 204 valence electrons. The molecule has 0 radical (unpaired) electrons. The molecular weight excluding hydrogens is 516 g/mol. The normalized spacial score (nSPS) is 12.1. The Morgan fingerprint density at radius 2 is 1.85 bits per heavy atom. The molecular formula is C28H32N6O4S. The number of carbonyl (C=O) groups is 2. The van der Waals surface area contributed by atoms with Crippen LogP contribution in [-0.4, -0.2) is 51.8 Å². The summed E-state index contributed by atoms with van der Waals surface area (Å²) in [5, 5.41) is 17.6. The van der Waals surface area contributed by atoms with Gasteiger partial charge in [0.15, 0.2) is 0 Å². The van der Waals surface area contributed by atoms with Gasteiger partial charge >= 0.3 is 0 Å². The number of anilines is 1. The van der Waals surface area contributed by atoms with E-state index in [1.54, 1.807) is 25.3 Å². The largest absolute Gasteiger partial charge is 0.497 e. The molecule has 0 aliphatic carbocycles. The molecule has 2 heterocycles. The first-order chi connectivity index (χ1) is 18.6. The Labute approximate surface area is 231 Å². The highest BCUT2D eigenvalue weighted by Crippen LogP contribution is 2.37. The summed E-state index contributed by atoms with van der Waals surface area (Å²) in [5.74, 6) is 0.608. The minimum absolute atomic E-state index is 0.238. The summed E-state index contributed by atoms with van der Waals surface area (Å²) < 4.78 is 11.1. The van der Waals surface area contributed by atoms with Gasteiger partial charge in [-0.2, -0.15) is 4.80 Å². The molecule has 0 spiro atoms. The number of hydrogen-bond acceptors (Lipinski definition) is 8. The summed E-state index contributed by atoms with van der Waals surface area (Å²) >= 11 is 1.48. The SMILES string of the molecule is COc1ccc(OC)c(C(C(=O)NC(C)(C)C)N(C(=O)Cn2nnc(-c3cccs3)n2)c2ccccc2C)c1.